The van der Waals surface area contributed by atoms with Crippen LogP contribution in [0.3, 0.4) is 0 Å². The summed E-state index contributed by atoms with van der Waals surface area (Å²) < 4.78 is 14.5. The molecule has 2 aromatic rings. The molecule has 0 spiro atoms. The maximum atomic E-state index is 14.5. The quantitative estimate of drug-likeness (QED) is 0.493. The van der Waals surface area contributed by atoms with Crippen molar-refractivity contribution in [1.29, 1.82) is 5.41 Å². The van der Waals surface area contributed by atoms with Crippen molar-refractivity contribution in [3.63, 3.8) is 0 Å². The third-order valence-electron chi connectivity index (χ3n) is 5.29. The Hall–Kier alpha value is -3.33. The Morgan fingerprint density at radius 3 is 2.70 bits per heavy atom. The van der Waals surface area contributed by atoms with Crippen LogP contribution in [-0.4, -0.2) is 67.1 Å². The number of anilines is 2. The molecule has 2 heterocycles. The minimum Gasteiger partial charge on any atom is -0.404 e. The molecule has 1 aromatic heterocycles. The third-order valence-corrected chi connectivity index (χ3v) is 5.29. The van der Waals surface area contributed by atoms with Crippen LogP contribution in [0.15, 0.2) is 35.7 Å². The van der Waals surface area contributed by atoms with Crippen LogP contribution >= 0.6 is 0 Å². The Kier molecular flexibility index (Phi) is 6.41. The lowest BCUT2D eigenvalue weighted by molar-refractivity contribution is 0.315. The number of hydrogen-bond donors (Lipinski definition) is 3. The van der Waals surface area contributed by atoms with E-state index >= 15 is 0 Å². The number of aromatic nitrogens is 2. The van der Waals surface area contributed by atoms with Crippen molar-refractivity contribution < 1.29 is 4.39 Å². The van der Waals surface area contributed by atoms with Gasteiger partial charge in [-0.2, -0.15) is 0 Å². The molecule has 3 rings (SSSR count). The molecule has 30 heavy (non-hydrogen) atoms. The molecule has 1 atom stereocenters. The van der Waals surface area contributed by atoms with E-state index in [-0.39, 0.29) is 17.0 Å². The van der Waals surface area contributed by atoms with E-state index in [2.05, 4.69) is 38.9 Å². The number of rotatable bonds is 6. The zero-order chi connectivity index (χ0) is 21.8. The Balaban J connectivity index is 1.94. The van der Waals surface area contributed by atoms with E-state index in [9.17, 15) is 4.39 Å². The molecule has 1 aliphatic rings. The molecule has 0 amide bonds. The Morgan fingerprint density at radius 2 is 2.07 bits per heavy atom. The first-order valence-corrected chi connectivity index (χ1v) is 9.61. The largest absolute Gasteiger partial charge is 0.404 e. The predicted molar refractivity (Wildman–Crippen MR) is 120 cm³/mol. The van der Waals surface area contributed by atoms with Gasteiger partial charge in [-0.15, -0.1) is 0 Å². The van der Waals surface area contributed by atoms with E-state index < -0.39 is 5.82 Å². The summed E-state index contributed by atoms with van der Waals surface area (Å²) in [6.45, 7) is 1.75. The molecule has 9 heteroatoms. The number of allylic oxidation sites excluding steroid dienone is 1. The van der Waals surface area contributed by atoms with Crippen LogP contribution in [0.1, 0.15) is 23.2 Å². The van der Waals surface area contributed by atoms with E-state index in [1.54, 1.807) is 13.1 Å². The molecule has 1 aromatic carbocycles. The summed E-state index contributed by atoms with van der Waals surface area (Å²) in [7, 11) is 5.71. The van der Waals surface area contributed by atoms with Gasteiger partial charge < -0.3 is 21.3 Å². The highest BCUT2D eigenvalue weighted by atomic mass is 19.1. The van der Waals surface area contributed by atoms with Crippen LogP contribution in [0.25, 0.3) is 5.57 Å². The predicted octanol–water partition coefficient (Wildman–Crippen LogP) is 1.75. The van der Waals surface area contributed by atoms with Gasteiger partial charge in [0, 0.05) is 67.0 Å². The molecule has 8 nitrogen and oxygen atoms in total. The minimum atomic E-state index is -0.532. The van der Waals surface area contributed by atoms with E-state index in [0.29, 0.717) is 22.9 Å². The summed E-state index contributed by atoms with van der Waals surface area (Å²) in [5.74, 6) is 0.228. The van der Waals surface area contributed by atoms with Crippen LogP contribution in [0.5, 0.6) is 0 Å². The number of nitrogens with two attached hydrogens (primary N) is 2. The molecule has 1 aliphatic heterocycles. The molecule has 5 N–H and O–H groups in total. The average Bonchev–Trinajstić information content (AvgIpc) is 3.23. The topological polar surface area (TPSA) is 121 Å². The summed E-state index contributed by atoms with van der Waals surface area (Å²) in [5, 5.41) is 8.65. The highest BCUT2D eigenvalue weighted by molar-refractivity contribution is 6.15. The summed E-state index contributed by atoms with van der Waals surface area (Å²) in [4.78, 5) is 16.9. The molecule has 1 fully saturated rings. The van der Waals surface area contributed by atoms with E-state index in [0.717, 1.165) is 25.3 Å². The smallest absolute Gasteiger partial charge is 0.133 e. The normalized spacial score (nSPS) is 17.3. The van der Waals surface area contributed by atoms with Crippen molar-refractivity contribution in [1.82, 2.24) is 14.9 Å². The summed E-state index contributed by atoms with van der Waals surface area (Å²) in [5.41, 5.74) is 13.3. The van der Waals surface area contributed by atoms with Crippen LogP contribution in [-0.2, 0) is 0 Å². The van der Waals surface area contributed by atoms with Gasteiger partial charge >= 0.3 is 0 Å². The van der Waals surface area contributed by atoms with Gasteiger partial charge in [-0.25, -0.2) is 14.4 Å². The lowest BCUT2D eigenvalue weighted by atomic mass is 9.98. The fourth-order valence-corrected chi connectivity index (χ4v) is 3.53. The molecule has 158 valence electrons. The zero-order valence-corrected chi connectivity index (χ0v) is 17.4. The van der Waals surface area contributed by atoms with Crippen molar-refractivity contribution >= 4 is 29.0 Å². The van der Waals surface area contributed by atoms with Gasteiger partial charge in [-0.3, -0.25) is 10.4 Å². The first kappa shape index (κ1) is 21.4. The number of halogens is 1. The van der Waals surface area contributed by atoms with Gasteiger partial charge in [0.1, 0.15) is 18.0 Å². The Morgan fingerprint density at radius 1 is 1.30 bits per heavy atom. The number of nitrogens with one attached hydrogen (secondary N) is 1. The van der Waals surface area contributed by atoms with E-state index in [1.165, 1.54) is 30.9 Å². The third kappa shape index (κ3) is 4.30. The molecule has 0 aliphatic carbocycles. The maximum Gasteiger partial charge on any atom is 0.133 e. The van der Waals surface area contributed by atoms with Crippen LogP contribution < -0.4 is 16.4 Å². The number of nitrogens with zero attached hydrogens (tertiary/aromatic N) is 5. The van der Waals surface area contributed by atoms with Crippen LogP contribution in [0.2, 0.25) is 0 Å². The minimum absolute atomic E-state index is 0.0885. The Bertz CT molecular complexity index is 998. The highest BCUT2D eigenvalue weighted by Crippen LogP contribution is 2.26. The zero-order valence-electron chi connectivity index (χ0n) is 17.4. The lowest BCUT2D eigenvalue weighted by Crippen LogP contribution is -2.31. The molecule has 0 radical (unpaired) electrons. The van der Waals surface area contributed by atoms with Crippen molar-refractivity contribution in [3.05, 3.63) is 53.4 Å². The van der Waals surface area contributed by atoms with Crippen molar-refractivity contribution in [2.24, 2.45) is 10.7 Å². The maximum absolute atomic E-state index is 14.5. The van der Waals surface area contributed by atoms with Gasteiger partial charge in [-0.1, -0.05) is 0 Å². The summed E-state index contributed by atoms with van der Waals surface area (Å²) in [6, 6.07) is 4.93. The number of benzene rings is 1. The first-order chi connectivity index (χ1) is 14.3. The number of likely N-dealkylation sites (N-methyl/N-ethyl adjacent to an activating group) is 1. The molecule has 1 saturated heterocycles. The summed E-state index contributed by atoms with van der Waals surface area (Å²) >= 11 is 0. The molecule has 0 unspecified atom stereocenters. The average molecular weight is 411 g/mol. The van der Waals surface area contributed by atoms with Gasteiger partial charge in [-0.05, 0) is 32.6 Å². The number of hydrogen-bond acceptors (Lipinski definition) is 8. The highest BCUT2D eigenvalue weighted by Gasteiger charge is 2.25. The SMILES string of the molecule is CN=CC(=CN)c1cc(C(=N)c2cc(N3CC[C@@H](N(C)C)C3)ncn2)c(N)cc1F. The van der Waals surface area contributed by atoms with Gasteiger partial charge in [0.15, 0.2) is 0 Å². The molecule has 0 saturated carbocycles. The number of nitrogen functional groups attached to an aromatic ring is 1. The van der Waals surface area contributed by atoms with Crippen molar-refractivity contribution in [2.75, 3.05) is 44.9 Å². The standard InChI is InChI=1S/C21H27FN8/c1-26-10-13(9-23)15-6-16(18(24)7-17(15)22)21(25)19-8-20(28-12-27-19)30-5-4-14(11-30)29(2)3/h6-10,12,14,25H,4-5,11,23-24H2,1-3H3/t14-/m1/s1. The molecular formula is C21H27FN8. The second-order valence-corrected chi connectivity index (χ2v) is 7.42. The van der Waals surface area contributed by atoms with E-state index in [4.69, 9.17) is 16.9 Å². The van der Waals surface area contributed by atoms with Crippen molar-refractivity contribution in [2.45, 2.75) is 12.5 Å². The lowest BCUT2D eigenvalue weighted by Gasteiger charge is -2.21. The molecule has 0 bridgehead atoms. The fraction of sp³-hybridized carbons (Fsp3) is 0.333. The van der Waals surface area contributed by atoms with Crippen LogP contribution in [0, 0.1) is 11.2 Å². The van der Waals surface area contributed by atoms with Gasteiger partial charge in [0.2, 0.25) is 0 Å². The first-order valence-electron chi connectivity index (χ1n) is 9.61. The summed E-state index contributed by atoms with van der Waals surface area (Å²) in [6.07, 6.45) is 5.22. The number of aliphatic imine (C=N–C) groups is 1. The second-order valence-electron chi connectivity index (χ2n) is 7.42. The van der Waals surface area contributed by atoms with Gasteiger partial charge in [0.05, 0.1) is 11.4 Å². The Labute approximate surface area is 175 Å². The van der Waals surface area contributed by atoms with Crippen molar-refractivity contribution in [3.8, 4) is 0 Å². The second kappa shape index (κ2) is 9.00. The van der Waals surface area contributed by atoms with E-state index in [1.807, 2.05) is 0 Å². The fourth-order valence-electron chi connectivity index (χ4n) is 3.53. The monoisotopic (exact) mass is 410 g/mol. The molecular weight excluding hydrogens is 383 g/mol. The van der Waals surface area contributed by atoms with Crippen LogP contribution in [0.4, 0.5) is 15.9 Å². The van der Waals surface area contributed by atoms with Gasteiger partial charge in [0.25, 0.3) is 0 Å².